The maximum absolute atomic E-state index is 4.44. The Labute approximate surface area is 73.3 Å². The van der Waals surface area contributed by atoms with Gasteiger partial charge in [-0.1, -0.05) is 18.2 Å². The maximum Gasteiger partial charge on any atom is 0.0313 e. The molecule has 1 saturated carbocycles. The molecule has 0 amide bonds. The van der Waals surface area contributed by atoms with Gasteiger partial charge in [-0.2, -0.15) is 12.6 Å². The fraction of sp³-hybridized carbons (Fsp3) is 0.444. The van der Waals surface area contributed by atoms with Crippen molar-refractivity contribution < 1.29 is 0 Å². The summed E-state index contributed by atoms with van der Waals surface area (Å²) in [7, 11) is 1.76. The number of aliphatic imine (C=N–C) groups is 1. The summed E-state index contributed by atoms with van der Waals surface area (Å²) in [5.41, 5.74) is 0. The first-order chi connectivity index (χ1) is 5.27. The zero-order valence-electron chi connectivity index (χ0n) is 6.70. The lowest BCUT2D eigenvalue weighted by molar-refractivity contribution is 1.21. The molecule has 1 nitrogen and oxygen atoms in total. The predicted molar refractivity (Wildman–Crippen MR) is 53.6 cm³/mol. The quantitative estimate of drug-likeness (QED) is 0.376. The van der Waals surface area contributed by atoms with E-state index < -0.39 is 0 Å². The van der Waals surface area contributed by atoms with Crippen LogP contribution in [-0.2, 0) is 0 Å². The summed E-state index contributed by atoms with van der Waals surface area (Å²) < 4.78 is 0.216. The van der Waals surface area contributed by atoms with Gasteiger partial charge in [0.25, 0.3) is 0 Å². The van der Waals surface area contributed by atoms with E-state index in [4.69, 9.17) is 0 Å². The summed E-state index contributed by atoms with van der Waals surface area (Å²) >= 11 is 4.44. The Morgan fingerprint density at radius 3 is 2.55 bits per heavy atom. The molecule has 0 spiro atoms. The Bertz CT molecular complexity index is 200. The standard InChI is InChI=1S/C9H13NS/c1-10-8-4-2-3-5-9(11)6-7-9/h2-5,8,11H,6-7H2,1H3/b4-2-,5-3+,10-8?. The third-order valence-corrected chi connectivity index (χ3v) is 2.22. The third-order valence-electron chi connectivity index (χ3n) is 1.63. The normalized spacial score (nSPS) is 22.4. The number of nitrogens with zero attached hydrogens (tertiary/aromatic N) is 1. The van der Waals surface area contributed by atoms with E-state index in [0.717, 1.165) is 0 Å². The van der Waals surface area contributed by atoms with Gasteiger partial charge in [-0.05, 0) is 18.9 Å². The topological polar surface area (TPSA) is 12.4 Å². The van der Waals surface area contributed by atoms with E-state index in [1.165, 1.54) is 12.8 Å². The van der Waals surface area contributed by atoms with E-state index in [9.17, 15) is 0 Å². The smallest absolute Gasteiger partial charge is 0.0313 e. The van der Waals surface area contributed by atoms with Crippen molar-refractivity contribution in [2.24, 2.45) is 4.99 Å². The molecule has 0 unspecified atom stereocenters. The monoisotopic (exact) mass is 167 g/mol. The van der Waals surface area contributed by atoms with Crippen LogP contribution in [-0.4, -0.2) is 18.0 Å². The highest BCUT2D eigenvalue weighted by atomic mass is 32.1. The largest absolute Gasteiger partial charge is 0.297 e. The van der Waals surface area contributed by atoms with Crippen LogP contribution in [0.5, 0.6) is 0 Å². The summed E-state index contributed by atoms with van der Waals surface area (Å²) in [5, 5.41) is 0. The first-order valence-corrected chi connectivity index (χ1v) is 4.21. The molecule has 1 aliphatic rings. The second-order valence-corrected chi connectivity index (χ2v) is 3.65. The van der Waals surface area contributed by atoms with Crippen LogP contribution in [0.25, 0.3) is 0 Å². The minimum absolute atomic E-state index is 0.216. The lowest BCUT2D eigenvalue weighted by Gasteiger charge is -1.93. The fourth-order valence-corrected chi connectivity index (χ4v) is 0.927. The van der Waals surface area contributed by atoms with Gasteiger partial charge in [0.05, 0.1) is 0 Å². The lowest BCUT2D eigenvalue weighted by Crippen LogP contribution is -1.87. The molecule has 0 atom stereocenters. The fourth-order valence-electron chi connectivity index (χ4n) is 0.729. The van der Waals surface area contributed by atoms with Crippen molar-refractivity contribution in [2.45, 2.75) is 17.6 Å². The van der Waals surface area contributed by atoms with Gasteiger partial charge < -0.3 is 0 Å². The van der Waals surface area contributed by atoms with Crippen molar-refractivity contribution in [3.05, 3.63) is 24.3 Å². The van der Waals surface area contributed by atoms with Gasteiger partial charge in [-0.3, -0.25) is 4.99 Å². The van der Waals surface area contributed by atoms with Gasteiger partial charge in [0, 0.05) is 18.0 Å². The van der Waals surface area contributed by atoms with Gasteiger partial charge in [0.15, 0.2) is 0 Å². The van der Waals surface area contributed by atoms with E-state index >= 15 is 0 Å². The molecule has 0 aliphatic heterocycles. The summed E-state index contributed by atoms with van der Waals surface area (Å²) in [5.74, 6) is 0. The van der Waals surface area contributed by atoms with Crippen molar-refractivity contribution in [2.75, 3.05) is 7.05 Å². The second kappa shape index (κ2) is 3.77. The molecule has 0 N–H and O–H groups in total. The molecule has 0 heterocycles. The SMILES string of the molecule is CN=C/C=C\C=C\C1(S)CC1. The van der Waals surface area contributed by atoms with Crippen LogP contribution in [0.1, 0.15) is 12.8 Å². The number of rotatable bonds is 3. The van der Waals surface area contributed by atoms with Gasteiger partial charge in [-0.15, -0.1) is 0 Å². The van der Waals surface area contributed by atoms with Crippen LogP contribution in [0, 0.1) is 0 Å². The van der Waals surface area contributed by atoms with E-state index in [2.05, 4.69) is 23.7 Å². The summed E-state index contributed by atoms with van der Waals surface area (Å²) in [6.45, 7) is 0. The average Bonchev–Trinajstić information content (AvgIpc) is 2.69. The zero-order valence-corrected chi connectivity index (χ0v) is 7.59. The molecule has 0 radical (unpaired) electrons. The van der Waals surface area contributed by atoms with Crippen LogP contribution in [0.4, 0.5) is 0 Å². The minimum atomic E-state index is 0.216. The summed E-state index contributed by atoms with van der Waals surface area (Å²) in [4.78, 5) is 3.82. The molecule has 2 heteroatoms. The van der Waals surface area contributed by atoms with Crippen molar-refractivity contribution >= 4 is 18.8 Å². The minimum Gasteiger partial charge on any atom is -0.297 e. The van der Waals surface area contributed by atoms with Crippen LogP contribution in [0.15, 0.2) is 29.3 Å². The first kappa shape index (κ1) is 8.60. The van der Waals surface area contributed by atoms with Crippen molar-refractivity contribution in [3.63, 3.8) is 0 Å². The van der Waals surface area contributed by atoms with E-state index in [0.29, 0.717) is 0 Å². The van der Waals surface area contributed by atoms with Crippen molar-refractivity contribution in [1.82, 2.24) is 0 Å². The van der Waals surface area contributed by atoms with Crippen LogP contribution < -0.4 is 0 Å². The highest BCUT2D eigenvalue weighted by molar-refractivity contribution is 7.82. The molecule has 0 saturated heterocycles. The number of hydrogen-bond donors (Lipinski definition) is 1. The Balaban J connectivity index is 2.25. The maximum atomic E-state index is 4.44. The van der Waals surface area contributed by atoms with Crippen LogP contribution in [0.2, 0.25) is 0 Å². The molecule has 1 rings (SSSR count). The molecule has 1 fully saturated rings. The van der Waals surface area contributed by atoms with Gasteiger partial charge in [0.2, 0.25) is 0 Å². The average molecular weight is 167 g/mol. The summed E-state index contributed by atoms with van der Waals surface area (Å²) in [6.07, 6.45) is 12.2. The van der Waals surface area contributed by atoms with E-state index in [-0.39, 0.29) is 4.75 Å². The molecule has 60 valence electrons. The third kappa shape index (κ3) is 3.42. The van der Waals surface area contributed by atoms with Gasteiger partial charge in [0.1, 0.15) is 0 Å². The zero-order chi connectivity index (χ0) is 8.16. The molecule has 0 aromatic heterocycles. The highest BCUT2D eigenvalue weighted by Crippen LogP contribution is 2.43. The van der Waals surface area contributed by atoms with E-state index in [1.54, 1.807) is 13.3 Å². The molecular weight excluding hydrogens is 154 g/mol. The first-order valence-electron chi connectivity index (χ1n) is 3.76. The van der Waals surface area contributed by atoms with Crippen molar-refractivity contribution in [3.8, 4) is 0 Å². The Morgan fingerprint density at radius 1 is 1.27 bits per heavy atom. The highest BCUT2D eigenvalue weighted by Gasteiger charge is 2.35. The van der Waals surface area contributed by atoms with Gasteiger partial charge >= 0.3 is 0 Å². The summed E-state index contributed by atoms with van der Waals surface area (Å²) in [6, 6.07) is 0. The number of thiol groups is 1. The molecule has 1 aliphatic carbocycles. The Kier molecular flexibility index (Phi) is 2.94. The molecule has 0 bridgehead atoms. The van der Waals surface area contributed by atoms with Gasteiger partial charge in [-0.25, -0.2) is 0 Å². The molecule has 11 heavy (non-hydrogen) atoms. The lowest BCUT2D eigenvalue weighted by atomic mass is 10.3. The second-order valence-electron chi connectivity index (χ2n) is 2.75. The molecule has 0 aromatic rings. The van der Waals surface area contributed by atoms with Crippen LogP contribution in [0.3, 0.4) is 0 Å². The van der Waals surface area contributed by atoms with Crippen LogP contribution >= 0.6 is 12.6 Å². The predicted octanol–water partition coefficient (Wildman–Crippen LogP) is 2.26. The number of allylic oxidation sites excluding steroid dienone is 3. The number of hydrogen-bond acceptors (Lipinski definition) is 2. The van der Waals surface area contributed by atoms with Crippen molar-refractivity contribution in [1.29, 1.82) is 0 Å². The van der Waals surface area contributed by atoms with E-state index in [1.807, 2.05) is 18.2 Å². The molecular formula is C9H13NS. The Morgan fingerprint density at radius 2 is 2.00 bits per heavy atom. The Hall–Kier alpha value is -0.500. The molecule has 0 aromatic carbocycles.